The quantitative estimate of drug-likeness (QED) is 0.726. The number of nitrogen functional groups attached to an aromatic ring is 1. The first-order valence-electron chi connectivity index (χ1n) is 5.93. The van der Waals surface area contributed by atoms with E-state index in [9.17, 15) is 0 Å². The number of hydrogen-bond acceptors (Lipinski definition) is 5. The molecule has 0 spiro atoms. The summed E-state index contributed by atoms with van der Waals surface area (Å²) < 4.78 is 7.28. The lowest BCUT2D eigenvalue weighted by Crippen LogP contribution is -2.01. The molecule has 3 heterocycles. The predicted molar refractivity (Wildman–Crippen MR) is 72.3 cm³/mol. The van der Waals surface area contributed by atoms with E-state index in [4.69, 9.17) is 10.2 Å². The maximum Gasteiger partial charge on any atom is 0.222 e. The molecule has 6 heteroatoms. The molecule has 0 radical (unpaired) electrons. The fourth-order valence-electron chi connectivity index (χ4n) is 1.90. The zero-order chi connectivity index (χ0) is 13.2. The summed E-state index contributed by atoms with van der Waals surface area (Å²) in [6.45, 7) is 2.66. The van der Waals surface area contributed by atoms with Gasteiger partial charge in [-0.15, -0.1) is 0 Å². The Morgan fingerprint density at radius 3 is 3.05 bits per heavy atom. The van der Waals surface area contributed by atoms with Crippen LogP contribution in [-0.4, -0.2) is 19.5 Å². The maximum atomic E-state index is 5.76. The molecule has 0 aromatic carbocycles. The van der Waals surface area contributed by atoms with Gasteiger partial charge in [0, 0.05) is 6.54 Å². The van der Waals surface area contributed by atoms with Gasteiger partial charge in [0.1, 0.15) is 11.2 Å². The first kappa shape index (κ1) is 11.5. The molecule has 6 nitrogen and oxygen atoms in total. The van der Waals surface area contributed by atoms with Crippen LogP contribution in [0.1, 0.15) is 6.92 Å². The third-order valence-electron chi connectivity index (χ3n) is 2.77. The zero-order valence-electron chi connectivity index (χ0n) is 10.4. The minimum Gasteiger partial charge on any atom is -0.463 e. The molecule has 3 aromatic rings. The molecular formula is C13H13N5O. The van der Waals surface area contributed by atoms with Crippen molar-refractivity contribution in [1.82, 2.24) is 19.5 Å². The number of aromatic nitrogens is 4. The van der Waals surface area contributed by atoms with E-state index in [2.05, 4.69) is 15.0 Å². The van der Waals surface area contributed by atoms with E-state index < -0.39 is 0 Å². The summed E-state index contributed by atoms with van der Waals surface area (Å²) in [4.78, 5) is 12.8. The molecule has 0 atom stereocenters. The van der Waals surface area contributed by atoms with Crippen LogP contribution in [0.4, 0.5) is 5.95 Å². The van der Waals surface area contributed by atoms with Gasteiger partial charge in [0.15, 0.2) is 11.4 Å². The van der Waals surface area contributed by atoms with Gasteiger partial charge in [0.25, 0.3) is 0 Å². The van der Waals surface area contributed by atoms with Crippen molar-refractivity contribution < 1.29 is 4.42 Å². The number of anilines is 1. The number of nitrogens with zero attached hydrogens (tertiary/aromatic N) is 4. The van der Waals surface area contributed by atoms with Gasteiger partial charge in [-0.2, -0.15) is 4.98 Å². The standard InChI is InChI=1S/C13H13N5O/c1-2-3-6-18-8-15-11-10(9-5-4-7-19-9)16-13(14)17-12(11)18/h2-5,7-8H,6H2,1H3,(H2,14,16,17)/b3-2+. The number of hydrogen-bond donors (Lipinski definition) is 1. The van der Waals surface area contributed by atoms with Gasteiger partial charge < -0.3 is 14.7 Å². The van der Waals surface area contributed by atoms with Crippen molar-refractivity contribution in [2.75, 3.05) is 5.73 Å². The van der Waals surface area contributed by atoms with Crippen LogP contribution in [0, 0.1) is 0 Å². The van der Waals surface area contributed by atoms with Crippen LogP contribution in [0.2, 0.25) is 0 Å². The summed E-state index contributed by atoms with van der Waals surface area (Å²) >= 11 is 0. The summed E-state index contributed by atoms with van der Waals surface area (Å²) in [5, 5.41) is 0. The minimum atomic E-state index is 0.209. The Balaban J connectivity index is 2.21. The number of rotatable bonds is 3. The fourth-order valence-corrected chi connectivity index (χ4v) is 1.90. The topological polar surface area (TPSA) is 82.8 Å². The number of allylic oxidation sites excluding steroid dienone is 2. The SMILES string of the molecule is C/C=C/Cn1cnc2c(-c3ccco3)nc(N)nc21. The van der Waals surface area contributed by atoms with Crippen molar-refractivity contribution in [3.8, 4) is 11.5 Å². The fraction of sp³-hybridized carbons (Fsp3) is 0.154. The third-order valence-corrected chi connectivity index (χ3v) is 2.77. The highest BCUT2D eigenvalue weighted by Gasteiger charge is 2.15. The van der Waals surface area contributed by atoms with Crippen molar-refractivity contribution in [3.63, 3.8) is 0 Å². The number of imidazole rings is 1. The first-order valence-corrected chi connectivity index (χ1v) is 5.93. The normalized spacial score (nSPS) is 11.6. The van der Waals surface area contributed by atoms with Crippen LogP contribution in [0.3, 0.4) is 0 Å². The van der Waals surface area contributed by atoms with Crippen molar-refractivity contribution in [2.45, 2.75) is 13.5 Å². The molecule has 0 aliphatic carbocycles. The van der Waals surface area contributed by atoms with E-state index in [1.54, 1.807) is 18.7 Å². The van der Waals surface area contributed by atoms with E-state index in [-0.39, 0.29) is 5.95 Å². The zero-order valence-corrected chi connectivity index (χ0v) is 10.4. The Kier molecular flexibility index (Phi) is 2.75. The Morgan fingerprint density at radius 1 is 1.42 bits per heavy atom. The van der Waals surface area contributed by atoms with E-state index in [0.717, 1.165) is 0 Å². The lowest BCUT2D eigenvalue weighted by Gasteiger charge is -2.02. The molecule has 19 heavy (non-hydrogen) atoms. The van der Waals surface area contributed by atoms with Crippen LogP contribution >= 0.6 is 0 Å². The van der Waals surface area contributed by atoms with Crippen LogP contribution in [0.5, 0.6) is 0 Å². The van der Waals surface area contributed by atoms with E-state index in [1.807, 2.05) is 29.7 Å². The van der Waals surface area contributed by atoms with Crippen molar-refractivity contribution in [1.29, 1.82) is 0 Å². The van der Waals surface area contributed by atoms with Crippen LogP contribution < -0.4 is 5.73 Å². The monoisotopic (exact) mass is 255 g/mol. The molecule has 0 aliphatic heterocycles. The summed E-state index contributed by atoms with van der Waals surface area (Å²) in [5.41, 5.74) is 7.78. The van der Waals surface area contributed by atoms with Gasteiger partial charge in [0.2, 0.25) is 5.95 Å². The highest BCUT2D eigenvalue weighted by molar-refractivity contribution is 5.86. The number of furan rings is 1. The predicted octanol–water partition coefficient (Wildman–Crippen LogP) is 2.24. The van der Waals surface area contributed by atoms with Crippen molar-refractivity contribution >= 4 is 17.1 Å². The molecule has 0 bridgehead atoms. The molecule has 3 rings (SSSR count). The lowest BCUT2D eigenvalue weighted by atomic mass is 10.3. The Morgan fingerprint density at radius 2 is 2.32 bits per heavy atom. The number of fused-ring (bicyclic) bond motifs is 1. The van der Waals surface area contributed by atoms with Gasteiger partial charge in [-0.25, -0.2) is 9.97 Å². The molecule has 2 N–H and O–H groups in total. The van der Waals surface area contributed by atoms with Gasteiger partial charge in [-0.05, 0) is 19.1 Å². The summed E-state index contributed by atoms with van der Waals surface area (Å²) in [7, 11) is 0. The average Bonchev–Trinajstić information content (AvgIpc) is 3.05. The minimum absolute atomic E-state index is 0.209. The highest BCUT2D eigenvalue weighted by atomic mass is 16.3. The molecule has 0 amide bonds. The molecule has 0 aliphatic rings. The van der Waals surface area contributed by atoms with Crippen LogP contribution in [0.25, 0.3) is 22.6 Å². The maximum absolute atomic E-state index is 5.76. The molecule has 0 unspecified atom stereocenters. The molecule has 0 fully saturated rings. The second-order valence-corrected chi connectivity index (χ2v) is 4.05. The Labute approximate surface area is 109 Å². The summed E-state index contributed by atoms with van der Waals surface area (Å²) in [5.74, 6) is 0.844. The molecular weight excluding hydrogens is 242 g/mol. The second-order valence-electron chi connectivity index (χ2n) is 4.05. The van der Waals surface area contributed by atoms with E-state index >= 15 is 0 Å². The van der Waals surface area contributed by atoms with E-state index in [0.29, 0.717) is 29.2 Å². The van der Waals surface area contributed by atoms with Gasteiger partial charge in [-0.1, -0.05) is 12.2 Å². The third kappa shape index (κ3) is 1.97. The van der Waals surface area contributed by atoms with Crippen molar-refractivity contribution in [2.24, 2.45) is 0 Å². The first-order chi connectivity index (χ1) is 9.29. The van der Waals surface area contributed by atoms with Gasteiger partial charge >= 0.3 is 0 Å². The Hall–Kier alpha value is -2.63. The molecule has 3 aromatic heterocycles. The molecule has 96 valence electrons. The molecule has 0 saturated carbocycles. The van der Waals surface area contributed by atoms with Crippen LogP contribution in [0.15, 0.2) is 41.3 Å². The van der Waals surface area contributed by atoms with Crippen LogP contribution in [-0.2, 0) is 6.54 Å². The second kappa shape index (κ2) is 4.56. The highest BCUT2D eigenvalue weighted by Crippen LogP contribution is 2.25. The van der Waals surface area contributed by atoms with Gasteiger partial charge in [0.05, 0.1) is 12.6 Å². The Bertz CT molecular complexity index is 727. The molecule has 0 saturated heterocycles. The number of nitrogens with two attached hydrogens (primary N) is 1. The summed E-state index contributed by atoms with van der Waals surface area (Å²) in [6.07, 6.45) is 7.32. The van der Waals surface area contributed by atoms with Gasteiger partial charge in [-0.3, -0.25) is 0 Å². The van der Waals surface area contributed by atoms with E-state index in [1.165, 1.54) is 0 Å². The smallest absolute Gasteiger partial charge is 0.222 e. The summed E-state index contributed by atoms with van der Waals surface area (Å²) in [6, 6.07) is 3.63. The average molecular weight is 255 g/mol. The van der Waals surface area contributed by atoms with Crippen molar-refractivity contribution in [3.05, 3.63) is 36.9 Å². The lowest BCUT2D eigenvalue weighted by molar-refractivity contribution is 0.580. The largest absolute Gasteiger partial charge is 0.463 e.